The molecule has 18 heavy (non-hydrogen) atoms. The Kier molecular flexibility index (Phi) is 5.49. The zero-order valence-electron chi connectivity index (χ0n) is 11.8. The summed E-state index contributed by atoms with van der Waals surface area (Å²) in [5.41, 5.74) is 6.13. The van der Waals surface area contributed by atoms with Gasteiger partial charge in [0.25, 0.3) is 0 Å². The van der Waals surface area contributed by atoms with Crippen LogP contribution in [0.5, 0.6) is 5.75 Å². The fraction of sp³-hybridized carbons (Fsp3) is 0.375. The molecule has 0 radical (unpaired) electrons. The van der Waals surface area contributed by atoms with Gasteiger partial charge in [-0.3, -0.25) is 0 Å². The highest BCUT2D eigenvalue weighted by Gasteiger charge is 2.08. The lowest BCUT2D eigenvalue weighted by atomic mass is 9.96. The van der Waals surface area contributed by atoms with E-state index >= 15 is 0 Å². The van der Waals surface area contributed by atoms with Crippen molar-refractivity contribution in [3.63, 3.8) is 0 Å². The number of rotatable bonds is 4. The second kappa shape index (κ2) is 6.65. The number of methoxy groups -OCH3 is 1. The molecule has 0 heterocycles. The van der Waals surface area contributed by atoms with E-state index in [0.717, 1.165) is 5.75 Å². The summed E-state index contributed by atoms with van der Waals surface area (Å²) in [4.78, 5) is 0. The van der Waals surface area contributed by atoms with Crippen LogP contribution < -0.4 is 4.74 Å². The van der Waals surface area contributed by atoms with Crippen LogP contribution in [0.15, 0.2) is 23.8 Å². The largest absolute Gasteiger partial charge is 0.496 e. The van der Waals surface area contributed by atoms with Gasteiger partial charge in [-0.15, -0.1) is 11.6 Å². The van der Waals surface area contributed by atoms with Crippen LogP contribution in [0.4, 0.5) is 0 Å². The Morgan fingerprint density at radius 1 is 1.28 bits per heavy atom. The van der Waals surface area contributed by atoms with Gasteiger partial charge < -0.3 is 4.74 Å². The maximum absolute atomic E-state index is 5.68. The lowest BCUT2D eigenvalue weighted by Crippen LogP contribution is -1.95. The maximum Gasteiger partial charge on any atom is 0.122 e. The first-order valence-corrected chi connectivity index (χ1v) is 6.60. The van der Waals surface area contributed by atoms with E-state index in [1.807, 2.05) is 6.08 Å². The number of hydrogen-bond donors (Lipinski definition) is 0. The summed E-state index contributed by atoms with van der Waals surface area (Å²) in [7, 11) is 1.71. The Morgan fingerprint density at radius 2 is 1.94 bits per heavy atom. The predicted molar refractivity (Wildman–Crippen MR) is 80.7 cm³/mol. The Hall–Kier alpha value is -1.21. The van der Waals surface area contributed by atoms with E-state index in [-0.39, 0.29) is 0 Å². The predicted octanol–water partition coefficient (Wildman–Crippen LogP) is 4.82. The molecule has 0 spiro atoms. The fourth-order valence-electron chi connectivity index (χ4n) is 1.94. The van der Waals surface area contributed by atoms with Crippen molar-refractivity contribution < 1.29 is 4.74 Å². The summed E-state index contributed by atoms with van der Waals surface area (Å²) in [6.07, 6.45) is 6.25. The molecule has 2 heteroatoms. The lowest BCUT2D eigenvalue weighted by Gasteiger charge is -2.13. The molecule has 0 saturated heterocycles. The molecule has 1 aromatic rings. The molecule has 0 saturated carbocycles. The Balaban J connectivity index is 3.18. The molecule has 0 aliphatic heterocycles. The second-order valence-corrected chi connectivity index (χ2v) is 4.80. The Bertz CT molecular complexity index is 484. The number of aryl methyl sites for hydroxylation is 1. The fourth-order valence-corrected chi connectivity index (χ4v) is 2.18. The van der Waals surface area contributed by atoms with E-state index in [1.54, 1.807) is 7.11 Å². The van der Waals surface area contributed by atoms with Crippen molar-refractivity contribution in [1.82, 2.24) is 0 Å². The molecule has 0 N–H and O–H groups in total. The third-order valence-electron chi connectivity index (χ3n) is 3.24. The monoisotopic (exact) mass is 264 g/mol. The molecule has 0 atom stereocenters. The standard InChI is InChI=1S/C16H21ClO/c1-11(8-9-17)6-7-15-12(2)10-16(18-5)14(4)13(15)3/h6-8,10H,9H2,1-5H3/b7-6+,11-8+. The van der Waals surface area contributed by atoms with Gasteiger partial charge in [0.05, 0.1) is 7.11 Å². The third-order valence-corrected chi connectivity index (χ3v) is 3.39. The Morgan fingerprint density at radius 3 is 2.50 bits per heavy atom. The molecule has 0 aromatic heterocycles. The first-order chi connectivity index (χ1) is 8.51. The van der Waals surface area contributed by atoms with Gasteiger partial charge in [-0.2, -0.15) is 0 Å². The average Bonchev–Trinajstić information content (AvgIpc) is 2.34. The van der Waals surface area contributed by atoms with E-state index in [0.29, 0.717) is 5.88 Å². The van der Waals surface area contributed by atoms with Gasteiger partial charge in [-0.05, 0) is 56.0 Å². The molecule has 0 fully saturated rings. The summed E-state index contributed by atoms with van der Waals surface area (Å²) in [6, 6.07) is 2.09. The number of ether oxygens (including phenoxy) is 1. The van der Waals surface area contributed by atoms with E-state index in [2.05, 4.69) is 45.9 Å². The zero-order valence-corrected chi connectivity index (χ0v) is 12.6. The van der Waals surface area contributed by atoms with Crippen molar-refractivity contribution in [2.75, 3.05) is 13.0 Å². The number of allylic oxidation sites excluding steroid dienone is 3. The topological polar surface area (TPSA) is 9.23 Å². The van der Waals surface area contributed by atoms with E-state index in [4.69, 9.17) is 16.3 Å². The van der Waals surface area contributed by atoms with Gasteiger partial charge in [-0.25, -0.2) is 0 Å². The molecule has 0 unspecified atom stereocenters. The molecule has 0 amide bonds. The van der Waals surface area contributed by atoms with Gasteiger partial charge in [0.1, 0.15) is 5.75 Å². The van der Waals surface area contributed by atoms with Crippen molar-refractivity contribution >= 4 is 17.7 Å². The number of alkyl halides is 1. The van der Waals surface area contributed by atoms with Crippen molar-refractivity contribution in [2.45, 2.75) is 27.7 Å². The molecule has 0 aliphatic rings. The number of halogens is 1. The summed E-state index contributed by atoms with van der Waals surface area (Å²) < 4.78 is 5.37. The summed E-state index contributed by atoms with van der Waals surface area (Å²) >= 11 is 5.68. The van der Waals surface area contributed by atoms with Gasteiger partial charge >= 0.3 is 0 Å². The highest BCUT2D eigenvalue weighted by atomic mass is 35.5. The average molecular weight is 265 g/mol. The van der Waals surface area contributed by atoms with E-state index in [9.17, 15) is 0 Å². The maximum atomic E-state index is 5.68. The second-order valence-electron chi connectivity index (χ2n) is 4.50. The van der Waals surface area contributed by atoms with Crippen molar-refractivity contribution in [3.8, 4) is 5.75 Å². The summed E-state index contributed by atoms with van der Waals surface area (Å²) in [5, 5.41) is 0. The van der Waals surface area contributed by atoms with E-state index in [1.165, 1.54) is 27.8 Å². The van der Waals surface area contributed by atoms with Gasteiger partial charge in [0, 0.05) is 5.88 Å². The molecule has 0 aliphatic carbocycles. The van der Waals surface area contributed by atoms with Crippen molar-refractivity contribution in [1.29, 1.82) is 0 Å². The molecule has 1 nitrogen and oxygen atoms in total. The third kappa shape index (κ3) is 3.39. The van der Waals surface area contributed by atoms with Crippen LogP contribution in [-0.2, 0) is 0 Å². The first kappa shape index (κ1) is 14.8. The summed E-state index contributed by atoms with van der Waals surface area (Å²) in [6.45, 7) is 8.38. The minimum Gasteiger partial charge on any atom is -0.496 e. The highest BCUT2D eigenvalue weighted by molar-refractivity contribution is 6.18. The van der Waals surface area contributed by atoms with Crippen LogP contribution >= 0.6 is 11.6 Å². The smallest absolute Gasteiger partial charge is 0.122 e. The van der Waals surface area contributed by atoms with E-state index < -0.39 is 0 Å². The highest BCUT2D eigenvalue weighted by Crippen LogP contribution is 2.28. The van der Waals surface area contributed by atoms with Crippen LogP contribution in [-0.4, -0.2) is 13.0 Å². The van der Waals surface area contributed by atoms with Crippen LogP contribution in [0.3, 0.4) is 0 Å². The van der Waals surface area contributed by atoms with Gasteiger partial charge in [0.2, 0.25) is 0 Å². The van der Waals surface area contributed by atoms with Crippen LogP contribution in [0, 0.1) is 20.8 Å². The van der Waals surface area contributed by atoms with Gasteiger partial charge in [0.15, 0.2) is 0 Å². The molecule has 1 rings (SSSR count). The summed E-state index contributed by atoms with van der Waals surface area (Å²) in [5.74, 6) is 1.51. The van der Waals surface area contributed by atoms with Gasteiger partial charge in [-0.1, -0.05) is 23.8 Å². The lowest BCUT2D eigenvalue weighted by molar-refractivity contribution is 0.411. The number of hydrogen-bond acceptors (Lipinski definition) is 1. The minimum atomic E-state index is 0.551. The molecular weight excluding hydrogens is 244 g/mol. The molecule has 98 valence electrons. The normalized spacial score (nSPS) is 12.2. The van der Waals surface area contributed by atoms with Crippen molar-refractivity contribution in [2.24, 2.45) is 0 Å². The molecule has 1 aromatic carbocycles. The number of benzene rings is 1. The Labute approximate surface area is 115 Å². The van der Waals surface area contributed by atoms with Crippen LogP contribution in [0.1, 0.15) is 29.2 Å². The molecule has 0 bridgehead atoms. The molecular formula is C16H21ClO. The van der Waals surface area contributed by atoms with Crippen LogP contribution in [0.2, 0.25) is 0 Å². The van der Waals surface area contributed by atoms with Crippen molar-refractivity contribution in [3.05, 3.63) is 46.0 Å². The zero-order chi connectivity index (χ0) is 13.7. The SMILES string of the molecule is COc1cc(C)c(/C=C/C(C)=C/CCl)c(C)c1C. The first-order valence-electron chi connectivity index (χ1n) is 6.06. The minimum absolute atomic E-state index is 0.551. The quantitative estimate of drug-likeness (QED) is 0.560. The van der Waals surface area contributed by atoms with Crippen LogP contribution in [0.25, 0.3) is 6.08 Å².